The molecule has 0 aromatic heterocycles. The molecular formula is C10H15NO2. The summed E-state index contributed by atoms with van der Waals surface area (Å²) < 4.78 is 5.20. The van der Waals surface area contributed by atoms with Crippen molar-refractivity contribution in [3.63, 3.8) is 0 Å². The van der Waals surface area contributed by atoms with Crippen LogP contribution in [0.5, 0.6) is 0 Å². The number of epoxide rings is 1. The lowest BCUT2D eigenvalue weighted by Gasteiger charge is -2.21. The van der Waals surface area contributed by atoms with Crippen molar-refractivity contribution in [2.24, 2.45) is 0 Å². The maximum atomic E-state index is 11.3. The van der Waals surface area contributed by atoms with E-state index in [0.717, 1.165) is 6.61 Å². The molecule has 3 heteroatoms. The van der Waals surface area contributed by atoms with Crippen LogP contribution in [0.3, 0.4) is 0 Å². The summed E-state index contributed by atoms with van der Waals surface area (Å²) in [5.74, 6) is -0.0726. The van der Waals surface area contributed by atoms with Gasteiger partial charge in [-0.1, -0.05) is 12.7 Å². The molecule has 1 unspecified atom stereocenters. The van der Waals surface area contributed by atoms with Gasteiger partial charge in [0.2, 0.25) is 5.91 Å². The summed E-state index contributed by atoms with van der Waals surface area (Å²) in [6, 6.07) is 0. The van der Waals surface area contributed by atoms with Gasteiger partial charge in [0, 0.05) is 6.54 Å². The van der Waals surface area contributed by atoms with Gasteiger partial charge in [-0.25, -0.2) is 0 Å². The zero-order chi connectivity index (χ0) is 9.90. The van der Waals surface area contributed by atoms with Crippen molar-refractivity contribution < 1.29 is 9.53 Å². The zero-order valence-corrected chi connectivity index (χ0v) is 7.95. The predicted octanol–water partition coefficient (Wildman–Crippen LogP) is 0.976. The second kappa shape index (κ2) is 3.75. The van der Waals surface area contributed by atoms with Crippen molar-refractivity contribution >= 4 is 5.91 Å². The Labute approximate surface area is 78.7 Å². The molecular weight excluding hydrogens is 166 g/mol. The fourth-order valence-electron chi connectivity index (χ4n) is 1.14. The van der Waals surface area contributed by atoms with Gasteiger partial charge >= 0.3 is 0 Å². The molecule has 1 aliphatic rings. The molecule has 1 heterocycles. The highest BCUT2D eigenvalue weighted by atomic mass is 16.6. The third-order valence-corrected chi connectivity index (χ3v) is 2.00. The van der Waals surface area contributed by atoms with E-state index in [-0.39, 0.29) is 11.5 Å². The average Bonchev–Trinajstić information content (AvgIpc) is 2.82. The Morgan fingerprint density at radius 1 is 1.69 bits per heavy atom. The number of nitrogens with zero attached hydrogens (tertiary/aromatic N) is 1. The van der Waals surface area contributed by atoms with E-state index in [1.54, 1.807) is 11.0 Å². The summed E-state index contributed by atoms with van der Waals surface area (Å²) >= 11 is 0. The van der Waals surface area contributed by atoms with Crippen LogP contribution in [0.4, 0.5) is 0 Å². The van der Waals surface area contributed by atoms with Crippen LogP contribution in [0.1, 0.15) is 6.92 Å². The Bertz CT molecular complexity index is 231. The SMILES string of the molecule is C=CCN(CC1(C)CO1)C(=O)C=C. The second-order valence-electron chi connectivity index (χ2n) is 3.45. The number of carbonyl (C=O) groups excluding carboxylic acids is 1. The van der Waals surface area contributed by atoms with Crippen LogP contribution in [-0.2, 0) is 9.53 Å². The summed E-state index contributed by atoms with van der Waals surface area (Å²) in [4.78, 5) is 13.0. The van der Waals surface area contributed by atoms with Gasteiger partial charge in [-0.2, -0.15) is 0 Å². The molecule has 0 aliphatic carbocycles. The zero-order valence-electron chi connectivity index (χ0n) is 7.95. The van der Waals surface area contributed by atoms with Gasteiger partial charge in [0.05, 0.1) is 13.2 Å². The standard InChI is InChI=1S/C10H15NO2/c1-4-6-11(9(12)5-2)7-10(3)8-13-10/h4-5H,1-2,6-8H2,3H3. The molecule has 13 heavy (non-hydrogen) atoms. The molecule has 3 nitrogen and oxygen atoms in total. The number of hydrogen-bond acceptors (Lipinski definition) is 2. The van der Waals surface area contributed by atoms with E-state index < -0.39 is 0 Å². The first-order valence-corrected chi connectivity index (χ1v) is 4.27. The predicted molar refractivity (Wildman–Crippen MR) is 51.3 cm³/mol. The Morgan fingerprint density at radius 2 is 2.31 bits per heavy atom. The highest BCUT2D eigenvalue weighted by Gasteiger charge is 2.41. The van der Waals surface area contributed by atoms with Gasteiger partial charge in [-0.15, -0.1) is 6.58 Å². The molecule has 0 aromatic rings. The topological polar surface area (TPSA) is 32.8 Å². The molecule has 0 radical (unpaired) electrons. The summed E-state index contributed by atoms with van der Waals surface area (Å²) in [7, 11) is 0. The van der Waals surface area contributed by atoms with E-state index in [1.165, 1.54) is 6.08 Å². The van der Waals surface area contributed by atoms with Gasteiger partial charge in [0.1, 0.15) is 5.60 Å². The van der Waals surface area contributed by atoms with Gasteiger partial charge in [0.15, 0.2) is 0 Å². The lowest BCUT2D eigenvalue weighted by atomic mass is 10.2. The summed E-state index contributed by atoms with van der Waals surface area (Å²) in [5.41, 5.74) is -0.137. The normalized spacial score (nSPS) is 25.0. The Kier molecular flexibility index (Phi) is 2.88. The Hall–Kier alpha value is -1.09. The minimum absolute atomic E-state index is 0.0726. The molecule has 0 bridgehead atoms. The largest absolute Gasteiger partial charge is 0.368 e. The van der Waals surface area contributed by atoms with Crippen molar-refractivity contribution in [3.05, 3.63) is 25.3 Å². The highest BCUT2D eigenvalue weighted by molar-refractivity contribution is 5.87. The van der Waals surface area contributed by atoms with Crippen LogP contribution >= 0.6 is 0 Å². The lowest BCUT2D eigenvalue weighted by Crippen LogP contribution is -2.37. The first-order valence-electron chi connectivity index (χ1n) is 4.27. The van der Waals surface area contributed by atoms with E-state index in [1.807, 2.05) is 6.92 Å². The Balaban J connectivity index is 2.50. The summed E-state index contributed by atoms with van der Waals surface area (Å²) in [5, 5.41) is 0. The van der Waals surface area contributed by atoms with Crippen LogP contribution in [0.2, 0.25) is 0 Å². The molecule has 1 saturated heterocycles. The molecule has 1 rings (SSSR count). The van der Waals surface area contributed by atoms with Crippen LogP contribution in [0.15, 0.2) is 25.3 Å². The van der Waals surface area contributed by atoms with E-state index in [0.29, 0.717) is 13.1 Å². The molecule has 0 spiro atoms. The molecule has 72 valence electrons. The quantitative estimate of drug-likeness (QED) is 0.360. The van der Waals surface area contributed by atoms with Crippen molar-refractivity contribution in [1.29, 1.82) is 0 Å². The fraction of sp³-hybridized carbons (Fsp3) is 0.500. The molecule has 1 atom stereocenters. The Morgan fingerprint density at radius 3 is 2.69 bits per heavy atom. The molecule has 1 fully saturated rings. The number of rotatable bonds is 5. The minimum atomic E-state index is -0.137. The smallest absolute Gasteiger partial charge is 0.246 e. The van der Waals surface area contributed by atoms with E-state index in [2.05, 4.69) is 13.2 Å². The molecule has 1 amide bonds. The maximum absolute atomic E-state index is 11.3. The first kappa shape index (κ1) is 9.99. The van der Waals surface area contributed by atoms with Crippen LogP contribution in [0, 0.1) is 0 Å². The van der Waals surface area contributed by atoms with Crippen LogP contribution < -0.4 is 0 Å². The van der Waals surface area contributed by atoms with Crippen molar-refractivity contribution in [2.75, 3.05) is 19.7 Å². The molecule has 1 aliphatic heterocycles. The number of amides is 1. The highest BCUT2D eigenvalue weighted by Crippen LogP contribution is 2.26. The summed E-state index contributed by atoms with van der Waals surface area (Å²) in [6.45, 7) is 10.9. The monoisotopic (exact) mass is 181 g/mol. The lowest BCUT2D eigenvalue weighted by molar-refractivity contribution is -0.126. The van der Waals surface area contributed by atoms with E-state index in [4.69, 9.17) is 4.74 Å². The third-order valence-electron chi connectivity index (χ3n) is 2.00. The molecule has 0 saturated carbocycles. The van der Waals surface area contributed by atoms with Gasteiger partial charge < -0.3 is 9.64 Å². The maximum Gasteiger partial charge on any atom is 0.246 e. The van der Waals surface area contributed by atoms with Gasteiger partial charge in [0.25, 0.3) is 0 Å². The number of carbonyl (C=O) groups is 1. The average molecular weight is 181 g/mol. The molecule has 0 aromatic carbocycles. The first-order chi connectivity index (χ1) is 6.11. The van der Waals surface area contributed by atoms with Crippen molar-refractivity contribution in [1.82, 2.24) is 4.90 Å². The second-order valence-corrected chi connectivity index (χ2v) is 3.45. The number of hydrogen-bond donors (Lipinski definition) is 0. The third kappa shape index (κ3) is 2.70. The summed E-state index contributed by atoms with van der Waals surface area (Å²) in [6.07, 6.45) is 3.02. The van der Waals surface area contributed by atoms with E-state index in [9.17, 15) is 4.79 Å². The minimum Gasteiger partial charge on any atom is -0.368 e. The fourth-order valence-corrected chi connectivity index (χ4v) is 1.14. The van der Waals surface area contributed by atoms with E-state index >= 15 is 0 Å². The van der Waals surface area contributed by atoms with Crippen LogP contribution in [0.25, 0.3) is 0 Å². The van der Waals surface area contributed by atoms with Crippen molar-refractivity contribution in [3.8, 4) is 0 Å². The van der Waals surface area contributed by atoms with Crippen LogP contribution in [-0.4, -0.2) is 36.1 Å². The molecule has 0 N–H and O–H groups in total. The van der Waals surface area contributed by atoms with Gasteiger partial charge in [-0.05, 0) is 13.0 Å². The number of ether oxygens (including phenoxy) is 1. The van der Waals surface area contributed by atoms with Gasteiger partial charge in [-0.3, -0.25) is 4.79 Å². The van der Waals surface area contributed by atoms with Crippen molar-refractivity contribution in [2.45, 2.75) is 12.5 Å².